The molecule has 1 atom stereocenters. The van der Waals surface area contributed by atoms with Gasteiger partial charge in [-0.15, -0.1) is 0 Å². The number of rotatable bonds is 4. The highest BCUT2D eigenvalue weighted by atomic mass is 79.9. The molecule has 2 N–H and O–H groups in total. The predicted octanol–water partition coefficient (Wildman–Crippen LogP) is 3.80. The molecule has 0 amide bonds. The first-order valence-electron chi connectivity index (χ1n) is 8.58. The zero-order valence-corrected chi connectivity index (χ0v) is 16.8. The summed E-state index contributed by atoms with van der Waals surface area (Å²) in [6.07, 6.45) is 0. The van der Waals surface area contributed by atoms with E-state index in [1.165, 1.54) is 0 Å². The van der Waals surface area contributed by atoms with Gasteiger partial charge in [0.1, 0.15) is 17.4 Å². The first-order chi connectivity index (χ1) is 13.6. The standard InChI is InChI=1S/C20H17BrN2O5/c1-3-25-19-13(21)4-10(5-17(19)24-2)18-11-6-15-16(27-9-26-15)7-14(11)28-20(23)12(18)8-22/h4-7,18H,3,9,23H2,1-2H3/t18-/m1/s1. The van der Waals surface area contributed by atoms with Gasteiger partial charge in [-0.1, -0.05) is 0 Å². The van der Waals surface area contributed by atoms with Gasteiger partial charge in [-0.3, -0.25) is 0 Å². The molecule has 2 heterocycles. The third kappa shape index (κ3) is 2.88. The summed E-state index contributed by atoms with van der Waals surface area (Å²) in [5.74, 6) is 2.46. The van der Waals surface area contributed by atoms with Crippen molar-refractivity contribution in [3.63, 3.8) is 0 Å². The van der Waals surface area contributed by atoms with E-state index in [0.29, 0.717) is 45.4 Å². The van der Waals surface area contributed by atoms with Crippen LogP contribution in [0.4, 0.5) is 0 Å². The lowest BCUT2D eigenvalue weighted by Crippen LogP contribution is -2.21. The van der Waals surface area contributed by atoms with Gasteiger partial charge >= 0.3 is 0 Å². The van der Waals surface area contributed by atoms with Crippen molar-refractivity contribution in [1.82, 2.24) is 0 Å². The largest absolute Gasteiger partial charge is 0.493 e. The Morgan fingerprint density at radius 3 is 2.64 bits per heavy atom. The molecule has 4 rings (SSSR count). The second kappa shape index (κ2) is 7.17. The lowest BCUT2D eigenvalue weighted by atomic mass is 9.83. The highest BCUT2D eigenvalue weighted by Gasteiger charge is 2.34. The highest BCUT2D eigenvalue weighted by Crippen LogP contribution is 2.49. The summed E-state index contributed by atoms with van der Waals surface area (Å²) in [6, 6.07) is 9.46. The molecule has 0 bridgehead atoms. The van der Waals surface area contributed by atoms with Crippen LogP contribution in [0.5, 0.6) is 28.7 Å². The van der Waals surface area contributed by atoms with Crippen LogP contribution in [0.25, 0.3) is 0 Å². The fourth-order valence-corrected chi connectivity index (χ4v) is 3.96. The number of halogens is 1. The molecule has 28 heavy (non-hydrogen) atoms. The zero-order chi connectivity index (χ0) is 19.8. The van der Waals surface area contributed by atoms with Crippen molar-refractivity contribution in [2.75, 3.05) is 20.5 Å². The number of nitrogens with two attached hydrogens (primary N) is 1. The van der Waals surface area contributed by atoms with Crippen molar-refractivity contribution in [1.29, 1.82) is 5.26 Å². The molecule has 8 heteroatoms. The van der Waals surface area contributed by atoms with Gasteiger partial charge in [-0.25, -0.2) is 0 Å². The van der Waals surface area contributed by atoms with Crippen molar-refractivity contribution in [3.8, 4) is 34.8 Å². The van der Waals surface area contributed by atoms with Crippen LogP contribution < -0.4 is 29.4 Å². The molecular weight excluding hydrogens is 428 g/mol. The van der Waals surface area contributed by atoms with Crippen LogP contribution in [0, 0.1) is 11.3 Å². The molecule has 0 fully saturated rings. The van der Waals surface area contributed by atoms with Gasteiger partial charge in [0.2, 0.25) is 12.7 Å². The van der Waals surface area contributed by atoms with Crippen LogP contribution in [-0.4, -0.2) is 20.5 Å². The number of hydrogen-bond acceptors (Lipinski definition) is 7. The van der Waals surface area contributed by atoms with Crippen molar-refractivity contribution in [2.45, 2.75) is 12.8 Å². The Labute approximate surface area is 170 Å². The predicted molar refractivity (Wildman–Crippen MR) is 104 cm³/mol. The molecule has 7 nitrogen and oxygen atoms in total. The molecule has 0 aromatic heterocycles. The monoisotopic (exact) mass is 444 g/mol. The lowest BCUT2D eigenvalue weighted by molar-refractivity contribution is 0.174. The molecule has 2 aliphatic rings. The van der Waals surface area contributed by atoms with Gasteiger partial charge in [0.05, 0.1) is 24.1 Å². The average molecular weight is 445 g/mol. The number of hydrogen-bond donors (Lipinski definition) is 1. The van der Waals surface area contributed by atoms with Gasteiger partial charge in [-0.05, 0) is 46.6 Å². The fraction of sp³-hybridized carbons (Fsp3) is 0.250. The quantitative estimate of drug-likeness (QED) is 0.765. The molecule has 2 aromatic rings. The van der Waals surface area contributed by atoms with E-state index in [1.807, 2.05) is 25.1 Å². The molecule has 0 spiro atoms. The first kappa shape index (κ1) is 18.3. The van der Waals surface area contributed by atoms with Crippen LogP contribution in [0.2, 0.25) is 0 Å². The molecule has 0 saturated heterocycles. The minimum absolute atomic E-state index is 0.0582. The summed E-state index contributed by atoms with van der Waals surface area (Å²) in [4.78, 5) is 0. The summed E-state index contributed by atoms with van der Waals surface area (Å²) < 4.78 is 28.5. The van der Waals surface area contributed by atoms with Crippen LogP contribution in [-0.2, 0) is 0 Å². The smallest absolute Gasteiger partial charge is 0.231 e. The van der Waals surface area contributed by atoms with Crippen LogP contribution in [0.1, 0.15) is 24.0 Å². The number of allylic oxidation sites excluding steroid dienone is 1. The molecule has 0 radical (unpaired) electrons. The van der Waals surface area contributed by atoms with Crippen molar-refractivity contribution < 1.29 is 23.7 Å². The third-order valence-electron chi connectivity index (χ3n) is 4.58. The molecule has 0 unspecified atom stereocenters. The van der Waals surface area contributed by atoms with E-state index in [9.17, 15) is 5.26 Å². The first-order valence-corrected chi connectivity index (χ1v) is 9.38. The van der Waals surface area contributed by atoms with Crippen molar-refractivity contribution >= 4 is 15.9 Å². The molecule has 144 valence electrons. The van der Waals surface area contributed by atoms with Gasteiger partial charge in [0.25, 0.3) is 0 Å². The molecule has 2 aromatic carbocycles. The minimum atomic E-state index is -0.455. The number of ether oxygens (including phenoxy) is 5. The van der Waals surface area contributed by atoms with E-state index < -0.39 is 5.92 Å². The van der Waals surface area contributed by atoms with E-state index in [-0.39, 0.29) is 12.7 Å². The summed E-state index contributed by atoms with van der Waals surface area (Å²) in [7, 11) is 1.57. The maximum atomic E-state index is 9.76. The van der Waals surface area contributed by atoms with Crippen LogP contribution >= 0.6 is 15.9 Å². The Kier molecular flexibility index (Phi) is 4.69. The Hall–Kier alpha value is -3.05. The average Bonchev–Trinajstić information content (AvgIpc) is 3.14. The van der Waals surface area contributed by atoms with E-state index >= 15 is 0 Å². The fourth-order valence-electron chi connectivity index (χ4n) is 3.38. The van der Waals surface area contributed by atoms with Crippen LogP contribution in [0.15, 0.2) is 40.2 Å². The van der Waals surface area contributed by atoms with Gasteiger partial charge in [0, 0.05) is 11.6 Å². The zero-order valence-electron chi connectivity index (χ0n) is 15.2. The van der Waals surface area contributed by atoms with Crippen LogP contribution in [0.3, 0.4) is 0 Å². The number of nitrogens with zero attached hydrogens (tertiary/aromatic N) is 1. The molecular formula is C20H17BrN2O5. The van der Waals surface area contributed by atoms with Crippen molar-refractivity contribution in [2.24, 2.45) is 5.73 Å². The van der Waals surface area contributed by atoms with E-state index in [2.05, 4.69) is 22.0 Å². The molecule has 0 aliphatic carbocycles. The Morgan fingerprint density at radius 2 is 1.96 bits per heavy atom. The third-order valence-corrected chi connectivity index (χ3v) is 5.17. The van der Waals surface area contributed by atoms with E-state index in [4.69, 9.17) is 29.4 Å². The number of nitriles is 1. The maximum Gasteiger partial charge on any atom is 0.231 e. The highest BCUT2D eigenvalue weighted by molar-refractivity contribution is 9.10. The SMILES string of the molecule is CCOc1c(Br)cc([C@H]2C(C#N)=C(N)Oc3cc4c(cc32)OCO4)cc1OC. The van der Waals surface area contributed by atoms with Gasteiger partial charge in [0.15, 0.2) is 23.0 Å². The second-order valence-corrected chi connectivity index (χ2v) is 6.99. The van der Waals surface area contributed by atoms with E-state index in [1.54, 1.807) is 13.2 Å². The number of fused-ring (bicyclic) bond motifs is 2. The lowest BCUT2D eigenvalue weighted by Gasteiger charge is -2.27. The minimum Gasteiger partial charge on any atom is -0.493 e. The Bertz CT molecular complexity index is 1030. The Balaban J connectivity index is 1.91. The summed E-state index contributed by atoms with van der Waals surface area (Å²) in [5.41, 5.74) is 7.93. The van der Waals surface area contributed by atoms with Gasteiger partial charge in [-0.2, -0.15) is 5.26 Å². The molecule has 2 aliphatic heterocycles. The Morgan fingerprint density at radius 1 is 1.21 bits per heavy atom. The maximum absolute atomic E-state index is 9.76. The summed E-state index contributed by atoms with van der Waals surface area (Å²) in [6.45, 7) is 2.53. The number of methoxy groups -OCH3 is 1. The summed E-state index contributed by atoms with van der Waals surface area (Å²) in [5, 5.41) is 9.76. The second-order valence-electron chi connectivity index (χ2n) is 6.14. The topological polar surface area (TPSA) is 96.0 Å². The van der Waals surface area contributed by atoms with E-state index in [0.717, 1.165) is 11.1 Å². The van der Waals surface area contributed by atoms with Crippen molar-refractivity contribution in [3.05, 3.63) is 51.3 Å². The summed E-state index contributed by atoms with van der Waals surface area (Å²) >= 11 is 3.54. The number of benzene rings is 2. The normalized spacial score (nSPS) is 16.9. The molecule has 0 saturated carbocycles. The van der Waals surface area contributed by atoms with Gasteiger partial charge < -0.3 is 29.4 Å².